The van der Waals surface area contributed by atoms with Gasteiger partial charge in [0.15, 0.2) is 0 Å². The van der Waals surface area contributed by atoms with E-state index in [2.05, 4.69) is 5.32 Å². The molecule has 1 aliphatic rings. The summed E-state index contributed by atoms with van der Waals surface area (Å²) >= 11 is 0. The number of carbonyl (C=O) groups is 1. The van der Waals surface area contributed by atoms with E-state index in [0.29, 0.717) is 11.6 Å². The van der Waals surface area contributed by atoms with Gasteiger partial charge in [-0.25, -0.2) is 4.79 Å². The molecule has 1 saturated carbocycles. The maximum Gasteiger partial charge on any atom is 0.412 e. The van der Waals surface area contributed by atoms with Crippen LogP contribution in [0.25, 0.3) is 0 Å². The monoisotopic (exact) mass is 263 g/mol. The smallest absolute Gasteiger partial charge is 0.412 e. The summed E-state index contributed by atoms with van der Waals surface area (Å²) in [6.45, 7) is 5.46. The van der Waals surface area contributed by atoms with Crippen molar-refractivity contribution in [1.82, 2.24) is 0 Å². The molecule has 0 atom stereocenters. The lowest BCUT2D eigenvalue weighted by Crippen LogP contribution is -2.27. The number of benzene rings is 1. The average molecular weight is 263 g/mol. The van der Waals surface area contributed by atoms with E-state index in [1.165, 1.54) is 18.4 Å². The Labute approximate surface area is 113 Å². The molecule has 0 heterocycles. The molecule has 0 aliphatic heterocycles. The van der Waals surface area contributed by atoms with Crippen molar-refractivity contribution in [3.63, 3.8) is 0 Å². The summed E-state index contributed by atoms with van der Waals surface area (Å²) in [4.78, 5) is 11.7. The fraction of sp³-hybridized carbons (Fsp3) is 0.533. The topological polar surface area (TPSA) is 58.6 Å². The molecule has 0 spiro atoms. The standard InChI is InChI=1S/C15H21NO3/c1-15(2,3)19-14(18)16-12-6-7-13(10-4-5-10)11(8-12)9-17/h6-8,10,17H,4-5,9H2,1-3H3,(H,16,18). The molecule has 4 heteroatoms. The molecule has 0 unspecified atom stereocenters. The first-order valence-corrected chi connectivity index (χ1v) is 6.63. The van der Waals surface area contributed by atoms with Crippen LogP contribution in [-0.4, -0.2) is 16.8 Å². The Bertz CT molecular complexity index is 473. The fourth-order valence-electron chi connectivity index (χ4n) is 2.03. The summed E-state index contributed by atoms with van der Waals surface area (Å²) < 4.78 is 5.19. The van der Waals surface area contributed by atoms with E-state index >= 15 is 0 Å². The van der Waals surface area contributed by atoms with Gasteiger partial charge in [-0.2, -0.15) is 0 Å². The van der Waals surface area contributed by atoms with Crippen LogP contribution in [0.5, 0.6) is 0 Å². The van der Waals surface area contributed by atoms with Crippen molar-refractivity contribution in [3.8, 4) is 0 Å². The zero-order valence-electron chi connectivity index (χ0n) is 11.7. The highest BCUT2D eigenvalue weighted by Crippen LogP contribution is 2.42. The van der Waals surface area contributed by atoms with Gasteiger partial charge >= 0.3 is 6.09 Å². The Hall–Kier alpha value is -1.55. The van der Waals surface area contributed by atoms with E-state index in [4.69, 9.17) is 4.74 Å². The van der Waals surface area contributed by atoms with Crippen LogP contribution in [0, 0.1) is 0 Å². The molecule has 19 heavy (non-hydrogen) atoms. The van der Waals surface area contributed by atoms with Crippen LogP contribution >= 0.6 is 0 Å². The summed E-state index contributed by atoms with van der Waals surface area (Å²) in [5.41, 5.74) is 2.22. The number of aliphatic hydroxyl groups is 1. The van der Waals surface area contributed by atoms with E-state index in [1.807, 2.05) is 39.0 Å². The van der Waals surface area contributed by atoms with Crippen molar-refractivity contribution in [2.75, 3.05) is 5.32 Å². The Morgan fingerprint density at radius 2 is 2.11 bits per heavy atom. The number of amides is 1. The van der Waals surface area contributed by atoms with Gasteiger partial charge in [0.1, 0.15) is 5.60 Å². The predicted molar refractivity (Wildman–Crippen MR) is 74.2 cm³/mol. The van der Waals surface area contributed by atoms with Crippen LogP contribution in [0.2, 0.25) is 0 Å². The van der Waals surface area contributed by atoms with E-state index in [-0.39, 0.29) is 6.61 Å². The predicted octanol–water partition coefficient (Wildman–Crippen LogP) is 3.40. The number of aliphatic hydroxyl groups excluding tert-OH is 1. The van der Waals surface area contributed by atoms with E-state index in [1.54, 1.807) is 0 Å². The number of anilines is 1. The van der Waals surface area contributed by atoms with Crippen molar-refractivity contribution in [3.05, 3.63) is 29.3 Å². The third kappa shape index (κ3) is 3.96. The quantitative estimate of drug-likeness (QED) is 0.878. The fourth-order valence-corrected chi connectivity index (χ4v) is 2.03. The number of ether oxygens (including phenoxy) is 1. The van der Waals surface area contributed by atoms with Gasteiger partial charge in [-0.3, -0.25) is 5.32 Å². The van der Waals surface area contributed by atoms with Gasteiger partial charge in [0, 0.05) is 5.69 Å². The highest BCUT2D eigenvalue weighted by molar-refractivity contribution is 5.85. The molecule has 1 aromatic rings. The number of hydrogen-bond acceptors (Lipinski definition) is 3. The Balaban J connectivity index is 2.06. The van der Waals surface area contributed by atoms with E-state index in [9.17, 15) is 9.90 Å². The molecule has 0 aromatic heterocycles. The third-order valence-electron chi connectivity index (χ3n) is 2.98. The van der Waals surface area contributed by atoms with Crippen molar-refractivity contribution in [2.24, 2.45) is 0 Å². The van der Waals surface area contributed by atoms with E-state index < -0.39 is 11.7 Å². The molecule has 1 aromatic carbocycles. The van der Waals surface area contributed by atoms with Gasteiger partial charge in [-0.05, 0) is 62.8 Å². The van der Waals surface area contributed by atoms with Gasteiger partial charge in [-0.1, -0.05) is 6.07 Å². The van der Waals surface area contributed by atoms with Crippen molar-refractivity contribution >= 4 is 11.8 Å². The maximum atomic E-state index is 11.7. The number of nitrogens with one attached hydrogen (secondary N) is 1. The second-order valence-corrected chi connectivity index (χ2v) is 5.97. The minimum absolute atomic E-state index is 0.00429. The molecule has 2 rings (SSSR count). The lowest BCUT2D eigenvalue weighted by Gasteiger charge is -2.20. The summed E-state index contributed by atoms with van der Waals surface area (Å²) in [5.74, 6) is 0.581. The lowest BCUT2D eigenvalue weighted by atomic mass is 10.0. The molecule has 0 saturated heterocycles. The van der Waals surface area contributed by atoms with Crippen LogP contribution in [0.4, 0.5) is 10.5 Å². The number of hydrogen-bond donors (Lipinski definition) is 2. The SMILES string of the molecule is CC(C)(C)OC(=O)Nc1ccc(C2CC2)c(CO)c1. The zero-order valence-corrected chi connectivity index (χ0v) is 11.7. The van der Waals surface area contributed by atoms with Crippen molar-refractivity contribution in [1.29, 1.82) is 0 Å². The summed E-state index contributed by atoms with van der Waals surface area (Å²) in [6, 6.07) is 5.66. The highest BCUT2D eigenvalue weighted by Gasteiger charge is 2.26. The van der Waals surface area contributed by atoms with E-state index in [0.717, 1.165) is 5.56 Å². The van der Waals surface area contributed by atoms with Gasteiger partial charge in [0.25, 0.3) is 0 Å². The minimum Gasteiger partial charge on any atom is -0.444 e. The summed E-state index contributed by atoms with van der Waals surface area (Å²) in [7, 11) is 0. The Kier molecular flexibility index (Phi) is 3.80. The van der Waals surface area contributed by atoms with Crippen LogP contribution in [0.1, 0.15) is 50.7 Å². The lowest BCUT2D eigenvalue weighted by molar-refractivity contribution is 0.0636. The molecule has 4 nitrogen and oxygen atoms in total. The normalized spacial score (nSPS) is 15.2. The number of rotatable bonds is 3. The molecular weight excluding hydrogens is 242 g/mol. The molecule has 0 bridgehead atoms. The number of carbonyl (C=O) groups excluding carboxylic acids is 1. The minimum atomic E-state index is -0.516. The van der Waals surface area contributed by atoms with Gasteiger partial charge in [0.2, 0.25) is 0 Å². The van der Waals surface area contributed by atoms with Gasteiger partial charge in [-0.15, -0.1) is 0 Å². The summed E-state index contributed by atoms with van der Waals surface area (Å²) in [6.07, 6.45) is 1.90. The first-order chi connectivity index (χ1) is 8.89. The molecular formula is C15H21NO3. The average Bonchev–Trinajstić information content (AvgIpc) is 3.10. The Morgan fingerprint density at radius 1 is 1.42 bits per heavy atom. The van der Waals surface area contributed by atoms with Gasteiger partial charge in [0.05, 0.1) is 6.61 Å². The summed E-state index contributed by atoms with van der Waals surface area (Å²) in [5, 5.41) is 12.1. The van der Waals surface area contributed by atoms with Crippen LogP contribution in [-0.2, 0) is 11.3 Å². The van der Waals surface area contributed by atoms with Crippen molar-refractivity contribution < 1.29 is 14.6 Å². The molecule has 104 valence electrons. The Morgan fingerprint density at radius 3 is 2.63 bits per heavy atom. The third-order valence-corrected chi connectivity index (χ3v) is 2.98. The first kappa shape index (κ1) is 13.9. The second-order valence-electron chi connectivity index (χ2n) is 5.97. The van der Waals surface area contributed by atoms with Crippen molar-refractivity contribution in [2.45, 2.75) is 51.7 Å². The maximum absolute atomic E-state index is 11.7. The van der Waals surface area contributed by atoms with Crippen LogP contribution < -0.4 is 5.32 Å². The molecule has 1 aliphatic carbocycles. The first-order valence-electron chi connectivity index (χ1n) is 6.63. The molecule has 2 N–H and O–H groups in total. The largest absolute Gasteiger partial charge is 0.444 e. The van der Waals surface area contributed by atoms with Crippen LogP contribution in [0.3, 0.4) is 0 Å². The molecule has 1 fully saturated rings. The molecule has 0 radical (unpaired) electrons. The van der Waals surface area contributed by atoms with Crippen LogP contribution in [0.15, 0.2) is 18.2 Å². The van der Waals surface area contributed by atoms with Gasteiger partial charge < -0.3 is 9.84 Å². The highest BCUT2D eigenvalue weighted by atomic mass is 16.6. The zero-order chi connectivity index (χ0) is 14.0. The second kappa shape index (κ2) is 5.21. The molecule has 1 amide bonds.